The molecule has 5 aromatic carbocycles. The van der Waals surface area contributed by atoms with Gasteiger partial charge in [0.15, 0.2) is 0 Å². The van der Waals surface area contributed by atoms with Crippen LogP contribution in [0.2, 0.25) is 10.0 Å². The third-order valence-electron chi connectivity index (χ3n) is 5.40. The first-order valence-corrected chi connectivity index (χ1v) is 10.2. The molecule has 146 valence electrons. The molecule has 0 aliphatic rings. The molecule has 0 saturated carbocycles. The number of phenols is 2. The summed E-state index contributed by atoms with van der Waals surface area (Å²) in [6.45, 7) is 0. The Morgan fingerprint density at radius 3 is 1.10 bits per heavy atom. The molecule has 0 atom stereocenters. The summed E-state index contributed by atoms with van der Waals surface area (Å²) in [4.78, 5) is 0. The molecule has 0 spiro atoms. The average Bonchev–Trinajstić information content (AvgIpc) is 2.76. The molecule has 0 bridgehead atoms. The average molecular weight is 431 g/mol. The zero-order valence-electron chi connectivity index (χ0n) is 15.7. The summed E-state index contributed by atoms with van der Waals surface area (Å²) >= 11 is 12.5. The molecule has 0 fully saturated rings. The van der Waals surface area contributed by atoms with Crippen LogP contribution in [0.15, 0.2) is 84.9 Å². The maximum atomic E-state index is 9.89. The molecule has 0 aromatic heterocycles. The second-order valence-corrected chi connectivity index (χ2v) is 7.99. The lowest BCUT2D eigenvalue weighted by Gasteiger charge is -2.18. The van der Waals surface area contributed by atoms with Gasteiger partial charge in [-0.25, -0.2) is 0 Å². The molecule has 0 unspecified atom stereocenters. The van der Waals surface area contributed by atoms with Gasteiger partial charge in [-0.3, -0.25) is 0 Å². The molecule has 5 rings (SSSR count). The number of phenolic OH excluding ortho intramolecular Hbond substituents is 2. The molecule has 30 heavy (non-hydrogen) atoms. The normalized spacial score (nSPS) is 11.3. The van der Waals surface area contributed by atoms with Gasteiger partial charge in [-0.05, 0) is 68.1 Å². The van der Waals surface area contributed by atoms with Crippen molar-refractivity contribution in [3.8, 4) is 33.8 Å². The van der Waals surface area contributed by atoms with Crippen LogP contribution in [-0.2, 0) is 0 Å². The second-order valence-electron chi connectivity index (χ2n) is 7.17. The van der Waals surface area contributed by atoms with Crippen LogP contribution in [0.1, 0.15) is 0 Å². The van der Waals surface area contributed by atoms with E-state index in [0.29, 0.717) is 10.0 Å². The van der Waals surface area contributed by atoms with Crippen molar-refractivity contribution in [3.63, 3.8) is 0 Å². The Bertz CT molecular complexity index is 1270. The van der Waals surface area contributed by atoms with E-state index in [1.807, 2.05) is 36.4 Å². The number of hydrogen-bond acceptors (Lipinski definition) is 2. The van der Waals surface area contributed by atoms with Gasteiger partial charge in [-0.1, -0.05) is 83.9 Å². The predicted octanol–water partition coefficient (Wildman–Crippen LogP) is 8.05. The molecule has 2 nitrogen and oxygen atoms in total. The van der Waals surface area contributed by atoms with Gasteiger partial charge in [0.1, 0.15) is 11.5 Å². The Labute approximate surface area is 183 Å². The highest BCUT2D eigenvalue weighted by Crippen LogP contribution is 2.45. The minimum Gasteiger partial charge on any atom is -0.506 e. The van der Waals surface area contributed by atoms with E-state index in [-0.39, 0.29) is 11.5 Å². The molecular formula is C26H16Cl2O2. The summed E-state index contributed by atoms with van der Waals surface area (Å²) in [5.41, 5.74) is 3.97. The van der Waals surface area contributed by atoms with Gasteiger partial charge < -0.3 is 10.2 Å². The largest absolute Gasteiger partial charge is 0.506 e. The summed E-state index contributed by atoms with van der Waals surface area (Å²) in [7, 11) is 0. The van der Waals surface area contributed by atoms with Crippen molar-refractivity contribution >= 4 is 44.7 Å². The highest BCUT2D eigenvalue weighted by molar-refractivity contribution is 6.33. The number of halogens is 2. The van der Waals surface area contributed by atoms with Crippen LogP contribution in [0.4, 0.5) is 0 Å². The molecule has 0 amide bonds. The summed E-state index contributed by atoms with van der Waals surface area (Å²) in [5, 5.41) is 24.7. The first-order valence-electron chi connectivity index (χ1n) is 9.46. The van der Waals surface area contributed by atoms with Crippen LogP contribution in [0.25, 0.3) is 43.8 Å². The predicted molar refractivity (Wildman–Crippen MR) is 126 cm³/mol. The Kier molecular flexibility index (Phi) is 4.54. The Morgan fingerprint density at radius 2 is 0.800 bits per heavy atom. The molecule has 0 aliphatic heterocycles. The standard InChI is InChI=1S/C26H16Cl2O2/c27-21-13-15(9-11-23(21)29)25-17-5-1-2-6-18(17)26(20-8-4-3-7-19(20)25)16-10-12-24(30)22(28)14-16/h1-14,29-30H. The second kappa shape index (κ2) is 7.24. The van der Waals surface area contributed by atoms with Gasteiger partial charge in [0, 0.05) is 0 Å². The first-order chi connectivity index (χ1) is 14.5. The van der Waals surface area contributed by atoms with E-state index in [2.05, 4.69) is 24.3 Å². The van der Waals surface area contributed by atoms with Gasteiger partial charge >= 0.3 is 0 Å². The zero-order chi connectivity index (χ0) is 20.8. The van der Waals surface area contributed by atoms with Crippen LogP contribution in [0, 0.1) is 0 Å². The summed E-state index contributed by atoms with van der Waals surface area (Å²) in [6.07, 6.45) is 0. The number of benzene rings is 5. The topological polar surface area (TPSA) is 40.5 Å². The van der Waals surface area contributed by atoms with Gasteiger partial charge in [-0.15, -0.1) is 0 Å². The summed E-state index contributed by atoms with van der Waals surface area (Å²) in [6, 6.07) is 27.0. The number of fused-ring (bicyclic) bond motifs is 2. The SMILES string of the molecule is Oc1ccc(-c2c3ccccc3c(-c3ccc(O)c(Cl)c3)c3ccccc23)cc1Cl. The van der Waals surface area contributed by atoms with Crippen molar-refractivity contribution in [2.45, 2.75) is 0 Å². The van der Waals surface area contributed by atoms with Gasteiger partial charge in [-0.2, -0.15) is 0 Å². The minimum absolute atomic E-state index is 0.0596. The lowest BCUT2D eigenvalue weighted by atomic mass is 9.86. The Balaban J connectivity index is 1.96. The van der Waals surface area contributed by atoms with Crippen LogP contribution in [-0.4, -0.2) is 10.2 Å². The van der Waals surface area contributed by atoms with E-state index >= 15 is 0 Å². The van der Waals surface area contributed by atoms with E-state index in [0.717, 1.165) is 43.8 Å². The third-order valence-corrected chi connectivity index (χ3v) is 6.01. The highest BCUT2D eigenvalue weighted by atomic mass is 35.5. The van der Waals surface area contributed by atoms with Gasteiger partial charge in [0.25, 0.3) is 0 Å². The molecule has 5 aromatic rings. The van der Waals surface area contributed by atoms with Crippen LogP contribution in [0.3, 0.4) is 0 Å². The highest BCUT2D eigenvalue weighted by Gasteiger charge is 2.17. The maximum absolute atomic E-state index is 9.89. The van der Waals surface area contributed by atoms with Crippen molar-refractivity contribution in [2.75, 3.05) is 0 Å². The third kappa shape index (κ3) is 2.97. The molecule has 0 radical (unpaired) electrons. The van der Waals surface area contributed by atoms with Crippen LogP contribution < -0.4 is 0 Å². The fraction of sp³-hybridized carbons (Fsp3) is 0. The molecular weight excluding hydrogens is 415 g/mol. The monoisotopic (exact) mass is 430 g/mol. The lowest BCUT2D eigenvalue weighted by Crippen LogP contribution is -1.91. The Hall–Kier alpha value is -3.20. The Morgan fingerprint density at radius 1 is 0.467 bits per heavy atom. The zero-order valence-corrected chi connectivity index (χ0v) is 17.2. The van der Waals surface area contributed by atoms with E-state index < -0.39 is 0 Å². The van der Waals surface area contributed by atoms with Gasteiger partial charge in [0.05, 0.1) is 10.0 Å². The quantitative estimate of drug-likeness (QED) is 0.278. The fourth-order valence-corrected chi connectivity index (χ4v) is 4.44. The molecule has 4 heteroatoms. The maximum Gasteiger partial charge on any atom is 0.134 e. The van der Waals surface area contributed by atoms with E-state index in [1.165, 1.54) is 0 Å². The van der Waals surface area contributed by atoms with Crippen molar-refractivity contribution in [2.24, 2.45) is 0 Å². The van der Waals surface area contributed by atoms with Crippen molar-refractivity contribution in [1.82, 2.24) is 0 Å². The number of aromatic hydroxyl groups is 2. The number of hydrogen-bond donors (Lipinski definition) is 2. The van der Waals surface area contributed by atoms with Crippen molar-refractivity contribution in [3.05, 3.63) is 95.0 Å². The van der Waals surface area contributed by atoms with Gasteiger partial charge in [0.2, 0.25) is 0 Å². The summed E-state index contributed by atoms with van der Waals surface area (Å²) in [5.74, 6) is 0.119. The van der Waals surface area contributed by atoms with Crippen molar-refractivity contribution in [1.29, 1.82) is 0 Å². The smallest absolute Gasteiger partial charge is 0.134 e. The van der Waals surface area contributed by atoms with Crippen molar-refractivity contribution < 1.29 is 10.2 Å². The summed E-state index contributed by atoms with van der Waals surface area (Å²) < 4.78 is 0. The molecule has 0 saturated heterocycles. The van der Waals surface area contributed by atoms with E-state index in [1.54, 1.807) is 24.3 Å². The molecule has 0 heterocycles. The fourth-order valence-electron chi connectivity index (χ4n) is 4.08. The lowest BCUT2D eigenvalue weighted by molar-refractivity contribution is 0.475. The van der Waals surface area contributed by atoms with Crippen LogP contribution in [0.5, 0.6) is 11.5 Å². The van der Waals surface area contributed by atoms with E-state index in [9.17, 15) is 10.2 Å². The van der Waals surface area contributed by atoms with Crippen LogP contribution >= 0.6 is 23.2 Å². The molecule has 2 N–H and O–H groups in total. The van der Waals surface area contributed by atoms with E-state index in [4.69, 9.17) is 23.2 Å². The minimum atomic E-state index is 0.0596. The molecule has 0 aliphatic carbocycles. The number of rotatable bonds is 2. The first kappa shape index (κ1) is 18.8.